The fraction of sp³-hybridized carbons (Fsp3) is 0.556. The molecular weight excluding hydrogens is 124 g/mol. The van der Waals surface area contributed by atoms with E-state index in [0.29, 0.717) is 0 Å². The highest BCUT2D eigenvalue weighted by Gasteiger charge is 1.87. The van der Waals surface area contributed by atoms with Crippen LogP contribution < -0.4 is 0 Å². The predicted octanol–water partition coefficient (Wildman–Crippen LogP) is 2.28. The third kappa shape index (κ3) is 4.33. The summed E-state index contributed by atoms with van der Waals surface area (Å²) in [4.78, 5) is 0. The Morgan fingerprint density at radius 2 is 2.00 bits per heavy atom. The summed E-state index contributed by atoms with van der Waals surface area (Å²) >= 11 is 0. The molecule has 0 rings (SSSR count). The molecule has 0 aliphatic rings. The molecule has 0 saturated heterocycles. The van der Waals surface area contributed by atoms with Gasteiger partial charge in [0.2, 0.25) is 0 Å². The monoisotopic (exact) mass is 140 g/mol. The van der Waals surface area contributed by atoms with E-state index in [1.54, 1.807) is 0 Å². The molecule has 1 N–H and O–H groups in total. The molecule has 0 heterocycles. The maximum absolute atomic E-state index is 8.79. The maximum atomic E-state index is 8.79. The minimum absolute atomic E-state index is 0.152. The molecule has 0 amide bonds. The second kappa shape index (κ2) is 5.24. The molecule has 0 saturated carbocycles. The minimum atomic E-state index is 0.152. The largest absolute Gasteiger partial charge is 0.392 e. The van der Waals surface area contributed by atoms with Gasteiger partial charge >= 0.3 is 0 Å². The molecule has 0 aliphatic carbocycles. The van der Waals surface area contributed by atoms with Gasteiger partial charge < -0.3 is 5.11 Å². The van der Waals surface area contributed by atoms with Crippen molar-refractivity contribution < 1.29 is 5.11 Å². The van der Waals surface area contributed by atoms with Crippen LogP contribution in [0, 0.1) is 0 Å². The van der Waals surface area contributed by atoms with E-state index in [1.165, 1.54) is 5.57 Å². The van der Waals surface area contributed by atoms with Gasteiger partial charge in [-0.05, 0) is 25.8 Å². The summed E-state index contributed by atoms with van der Waals surface area (Å²) in [7, 11) is 0. The number of aliphatic hydroxyl groups is 1. The highest BCUT2D eigenvalue weighted by molar-refractivity contribution is 5.21. The molecular formula is C9H16O. The first-order chi connectivity index (χ1) is 4.70. The Morgan fingerprint density at radius 1 is 1.40 bits per heavy atom. The van der Waals surface area contributed by atoms with Crippen LogP contribution in [0.3, 0.4) is 0 Å². The summed E-state index contributed by atoms with van der Waals surface area (Å²) in [6, 6.07) is 0. The van der Waals surface area contributed by atoms with Crippen molar-refractivity contribution in [3.63, 3.8) is 0 Å². The molecule has 58 valence electrons. The van der Waals surface area contributed by atoms with E-state index < -0.39 is 0 Å². The molecule has 0 aliphatic heterocycles. The van der Waals surface area contributed by atoms with Crippen molar-refractivity contribution in [1.82, 2.24) is 0 Å². The van der Waals surface area contributed by atoms with E-state index in [1.807, 2.05) is 26.0 Å². The van der Waals surface area contributed by atoms with Crippen molar-refractivity contribution in [2.75, 3.05) is 6.61 Å². The van der Waals surface area contributed by atoms with Gasteiger partial charge in [-0.25, -0.2) is 0 Å². The zero-order valence-electron chi connectivity index (χ0n) is 7.02. The number of hydrogen-bond acceptors (Lipinski definition) is 1. The topological polar surface area (TPSA) is 20.2 Å². The average molecular weight is 140 g/mol. The van der Waals surface area contributed by atoms with Gasteiger partial charge in [-0.2, -0.15) is 0 Å². The SMILES string of the molecule is CC/C=C(\C=C(C)C)CO. The van der Waals surface area contributed by atoms with Crippen molar-refractivity contribution in [3.8, 4) is 0 Å². The molecule has 1 nitrogen and oxygen atoms in total. The number of hydrogen-bond donors (Lipinski definition) is 1. The second-order valence-corrected chi connectivity index (χ2v) is 2.57. The summed E-state index contributed by atoms with van der Waals surface area (Å²) in [6.07, 6.45) is 5.02. The van der Waals surface area contributed by atoms with Crippen LogP contribution in [-0.2, 0) is 0 Å². The fourth-order valence-corrected chi connectivity index (χ4v) is 0.802. The highest BCUT2D eigenvalue weighted by atomic mass is 16.3. The number of allylic oxidation sites excluding steroid dienone is 2. The summed E-state index contributed by atoms with van der Waals surface area (Å²) in [5.41, 5.74) is 2.25. The molecule has 0 aromatic rings. The maximum Gasteiger partial charge on any atom is 0.0678 e. The summed E-state index contributed by atoms with van der Waals surface area (Å²) in [6.45, 7) is 6.27. The first-order valence-corrected chi connectivity index (χ1v) is 3.65. The standard InChI is InChI=1S/C9H16O/c1-4-5-9(7-10)6-8(2)3/h5-6,10H,4,7H2,1-3H3/b9-5+. The van der Waals surface area contributed by atoms with E-state index in [2.05, 4.69) is 6.92 Å². The molecule has 0 aromatic heterocycles. The number of aliphatic hydroxyl groups excluding tert-OH is 1. The molecule has 10 heavy (non-hydrogen) atoms. The molecule has 0 aromatic carbocycles. The normalized spacial score (nSPS) is 11.4. The van der Waals surface area contributed by atoms with Crippen LogP contribution in [-0.4, -0.2) is 11.7 Å². The predicted molar refractivity (Wildman–Crippen MR) is 44.9 cm³/mol. The Kier molecular flexibility index (Phi) is 4.95. The molecule has 0 fully saturated rings. The number of rotatable bonds is 3. The van der Waals surface area contributed by atoms with E-state index >= 15 is 0 Å². The van der Waals surface area contributed by atoms with Crippen molar-refractivity contribution >= 4 is 0 Å². The molecule has 0 atom stereocenters. The zero-order chi connectivity index (χ0) is 7.98. The Morgan fingerprint density at radius 3 is 2.30 bits per heavy atom. The fourth-order valence-electron chi connectivity index (χ4n) is 0.802. The van der Waals surface area contributed by atoms with Gasteiger partial charge in [0.15, 0.2) is 0 Å². The lowest BCUT2D eigenvalue weighted by Gasteiger charge is -1.95. The van der Waals surface area contributed by atoms with Gasteiger partial charge in [0.05, 0.1) is 6.61 Å². The average Bonchev–Trinajstić information content (AvgIpc) is 1.86. The van der Waals surface area contributed by atoms with Gasteiger partial charge in [0.1, 0.15) is 0 Å². The van der Waals surface area contributed by atoms with Crippen LogP contribution >= 0.6 is 0 Å². The van der Waals surface area contributed by atoms with E-state index in [-0.39, 0.29) is 6.61 Å². The Balaban J connectivity index is 4.09. The van der Waals surface area contributed by atoms with Crippen LogP contribution in [0.5, 0.6) is 0 Å². The summed E-state index contributed by atoms with van der Waals surface area (Å²) < 4.78 is 0. The molecule has 0 unspecified atom stereocenters. The van der Waals surface area contributed by atoms with Crippen LogP contribution in [0.25, 0.3) is 0 Å². The van der Waals surface area contributed by atoms with Crippen molar-refractivity contribution in [3.05, 3.63) is 23.3 Å². The molecule has 1 heteroatoms. The van der Waals surface area contributed by atoms with Crippen molar-refractivity contribution in [2.24, 2.45) is 0 Å². The van der Waals surface area contributed by atoms with Gasteiger partial charge in [-0.1, -0.05) is 24.6 Å². The van der Waals surface area contributed by atoms with Gasteiger partial charge in [0, 0.05) is 0 Å². The Hall–Kier alpha value is -0.560. The first-order valence-electron chi connectivity index (χ1n) is 3.65. The van der Waals surface area contributed by atoms with E-state index in [4.69, 9.17) is 5.11 Å². The summed E-state index contributed by atoms with van der Waals surface area (Å²) in [5.74, 6) is 0. The quantitative estimate of drug-likeness (QED) is 0.596. The first kappa shape index (κ1) is 9.44. The molecule has 0 bridgehead atoms. The third-order valence-corrected chi connectivity index (χ3v) is 1.12. The Labute approximate surface area is 63.1 Å². The smallest absolute Gasteiger partial charge is 0.0678 e. The molecule has 0 radical (unpaired) electrons. The van der Waals surface area contributed by atoms with E-state index in [0.717, 1.165) is 12.0 Å². The van der Waals surface area contributed by atoms with Gasteiger partial charge in [-0.3, -0.25) is 0 Å². The minimum Gasteiger partial charge on any atom is -0.392 e. The lowest BCUT2D eigenvalue weighted by molar-refractivity contribution is 0.334. The summed E-state index contributed by atoms with van der Waals surface area (Å²) in [5, 5.41) is 8.79. The van der Waals surface area contributed by atoms with Crippen LogP contribution in [0.15, 0.2) is 23.3 Å². The Bertz CT molecular complexity index is 139. The lowest BCUT2D eigenvalue weighted by atomic mass is 10.2. The highest BCUT2D eigenvalue weighted by Crippen LogP contribution is 2.01. The zero-order valence-corrected chi connectivity index (χ0v) is 7.02. The van der Waals surface area contributed by atoms with E-state index in [9.17, 15) is 0 Å². The second-order valence-electron chi connectivity index (χ2n) is 2.57. The van der Waals surface area contributed by atoms with Gasteiger partial charge in [0.25, 0.3) is 0 Å². The van der Waals surface area contributed by atoms with Crippen molar-refractivity contribution in [2.45, 2.75) is 27.2 Å². The third-order valence-electron chi connectivity index (χ3n) is 1.12. The van der Waals surface area contributed by atoms with Gasteiger partial charge in [-0.15, -0.1) is 0 Å². The molecule has 0 spiro atoms. The van der Waals surface area contributed by atoms with Crippen LogP contribution in [0.2, 0.25) is 0 Å². The van der Waals surface area contributed by atoms with Crippen LogP contribution in [0.4, 0.5) is 0 Å². The van der Waals surface area contributed by atoms with Crippen LogP contribution in [0.1, 0.15) is 27.2 Å². The lowest BCUT2D eigenvalue weighted by Crippen LogP contribution is -1.86. The van der Waals surface area contributed by atoms with Crippen molar-refractivity contribution in [1.29, 1.82) is 0 Å².